The molecular formula is C16H21N3O4S. The maximum absolute atomic E-state index is 12.0. The number of nitrogens with two attached hydrogens (primary N) is 1. The third kappa shape index (κ3) is 4.14. The molecule has 0 spiro atoms. The molecular weight excluding hydrogens is 330 g/mol. The highest BCUT2D eigenvalue weighted by Gasteiger charge is 2.29. The first-order chi connectivity index (χ1) is 11.1. The second kappa shape index (κ2) is 6.64. The first-order valence-electron chi connectivity index (χ1n) is 7.42. The van der Waals surface area contributed by atoms with Crippen LogP contribution in [-0.4, -0.2) is 42.3 Å². The number of fused-ring (bicyclic) bond motifs is 1. The van der Waals surface area contributed by atoms with E-state index in [1.165, 1.54) is 0 Å². The van der Waals surface area contributed by atoms with Gasteiger partial charge in [-0.2, -0.15) is 0 Å². The van der Waals surface area contributed by atoms with Crippen LogP contribution in [0.1, 0.15) is 31.1 Å². The van der Waals surface area contributed by atoms with Crippen LogP contribution < -0.4 is 20.7 Å². The van der Waals surface area contributed by atoms with Gasteiger partial charge >= 0.3 is 6.09 Å². The van der Waals surface area contributed by atoms with Crippen molar-refractivity contribution in [1.29, 1.82) is 0 Å². The van der Waals surface area contributed by atoms with Crippen molar-refractivity contribution in [3.8, 4) is 5.75 Å². The summed E-state index contributed by atoms with van der Waals surface area (Å²) >= 11 is 5.44. The first kappa shape index (κ1) is 18.0. The van der Waals surface area contributed by atoms with Crippen LogP contribution in [0.3, 0.4) is 0 Å². The lowest BCUT2D eigenvalue weighted by atomic mass is 10.1. The Balaban J connectivity index is 2.20. The standard InChI is InChI=1S/C16H21N3O4S/c1-16(2,3)23-15(21)18-10-8-22-12-6-5-9(13(17)20)7-11(12)19(4)14(10)24/h5-7,10H,8H2,1-4H3,(H2,17,20)(H,18,21)/t10-/m0/s1. The van der Waals surface area contributed by atoms with Gasteiger partial charge in [0.1, 0.15) is 29.0 Å². The monoisotopic (exact) mass is 351 g/mol. The molecule has 0 unspecified atom stereocenters. The lowest BCUT2D eigenvalue weighted by molar-refractivity contribution is 0.0507. The average Bonchev–Trinajstić information content (AvgIpc) is 2.57. The molecule has 1 heterocycles. The van der Waals surface area contributed by atoms with Gasteiger partial charge in [-0.15, -0.1) is 0 Å². The number of likely N-dealkylation sites (N-methyl/N-ethyl adjacent to an activating group) is 1. The summed E-state index contributed by atoms with van der Waals surface area (Å²) < 4.78 is 11.0. The van der Waals surface area contributed by atoms with Crippen molar-refractivity contribution in [2.24, 2.45) is 5.73 Å². The Labute approximate surface area is 146 Å². The number of primary amides is 1. The topological polar surface area (TPSA) is 93.9 Å². The van der Waals surface area contributed by atoms with Crippen LogP contribution in [-0.2, 0) is 4.74 Å². The molecule has 2 amide bonds. The predicted molar refractivity (Wildman–Crippen MR) is 94.6 cm³/mol. The summed E-state index contributed by atoms with van der Waals surface area (Å²) in [5, 5.41) is 2.71. The zero-order valence-electron chi connectivity index (χ0n) is 14.1. The molecule has 1 atom stereocenters. The summed E-state index contributed by atoms with van der Waals surface area (Å²) in [5.41, 5.74) is 5.67. The minimum atomic E-state index is -0.609. The van der Waals surface area contributed by atoms with Gasteiger partial charge in [0.05, 0.1) is 5.69 Å². The van der Waals surface area contributed by atoms with Crippen LogP contribution >= 0.6 is 12.2 Å². The zero-order chi connectivity index (χ0) is 18.1. The van der Waals surface area contributed by atoms with Gasteiger partial charge in [0.25, 0.3) is 0 Å². The van der Waals surface area contributed by atoms with E-state index in [1.54, 1.807) is 50.9 Å². The number of nitrogens with one attached hydrogen (secondary N) is 1. The highest BCUT2D eigenvalue weighted by Crippen LogP contribution is 2.32. The Morgan fingerprint density at radius 2 is 2.08 bits per heavy atom. The number of ether oxygens (including phenoxy) is 2. The van der Waals surface area contributed by atoms with E-state index in [4.69, 9.17) is 27.4 Å². The smallest absolute Gasteiger partial charge is 0.408 e. The third-order valence-corrected chi connectivity index (χ3v) is 3.89. The molecule has 8 heteroatoms. The molecule has 1 aliphatic rings. The number of thiocarbonyl (C=S) groups is 1. The Morgan fingerprint density at radius 1 is 1.42 bits per heavy atom. The lowest BCUT2D eigenvalue weighted by Crippen LogP contribution is -2.49. The van der Waals surface area contributed by atoms with Crippen molar-refractivity contribution in [1.82, 2.24) is 5.32 Å². The summed E-state index contributed by atoms with van der Waals surface area (Å²) in [6, 6.07) is 4.31. The van der Waals surface area contributed by atoms with Crippen molar-refractivity contribution in [3.05, 3.63) is 23.8 Å². The molecule has 2 rings (SSSR count). The Bertz CT molecular complexity index is 684. The molecule has 24 heavy (non-hydrogen) atoms. The van der Waals surface area contributed by atoms with E-state index >= 15 is 0 Å². The number of amides is 2. The van der Waals surface area contributed by atoms with E-state index in [-0.39, 0.29) is 6.61 Å². The van der Waals surface area contributed by atoms with Crippen LogP contribution in [0, 0.1) is 0 Å². The SMILES string of the molecule is CN1C(=S)[C@@H](NC(=O)OC(C)(C)C)COc2ccc(C(N)=O)cc21. The molecule has 0 fully saturated rings. The minimum Gasteiger partial charge on any atom is -0.489 e. The average molecular weight is 351 g/mol. The predicted octanol–water partition coefficient (Wildman–Crippen LogP) is 1.83. The van der Waals surface area contributed by atoms with E-state index in [0.29, 0.717) is 22.0 Å². The van der Waals surface area contributed by atoms with E-state index < -0.39 is 23.6 Å². The summed E-state index contributed by atoms with van der Waals surface area (Å²) in [7, 11) is 1.74. The van der Waals surface area contributed by atoms with Gasteiger partial charge in [0, 0.05) is 12.6 Å². The van der Waals surface area contributed by atoms with Crippen molar-refractivity contribution < 1.29 is 19.1 Å². The summed E-state index contributed by atoms with van der Waals surface area (Å²) in [5.74, 6) is 0.0168. The number of hydrogen-bond acceptors (Lipinski definition) is 5. The Kier molecular flexibility index (Phi) is 4.98. The zero-order valence-corrected chi connectivity index (χ0v) is 14.9. The number of rotatable bonds is 2. The van der Waals surface area contributed by atoms with Crippen molar-refractivity contribution in [2.45, 2.75) is 32.4 Å². The summed E-state index contributed by atoms with van der Waals surface area (Å²) in [4.78, 5) is 25.5. The fourth-order valence-corrected chi connectivity index (χ4v) is 2.43. The number of carbonyl (C=O) groups excluding carboxylic acids is 2. The highest BCUT2D eigenvalue weighted by atomic mass is 32.1. The first-order valence-corrected chi connectivity index (χ1v) is 7.83. The molecule has 1 aromatic carbocycles. The summed E-state index contributed by atoms with van der Waals surface area (Å²) in [6.45, 7) is 5.50. The van der Waals surface area contributed by atoms with Gasteiger partial charge in [-0.05, 0) is 39.0 Å². The third-order valence-electron chi connectivity index (χ3n) is 3.33. The Hall–Kier alpha value is -2.35. The fraction of sp³-hybridized carbons (Fsp3) is 0.438. The molecule has 0 radical (unpaired) electrons. The van der Waals surface area contributed by atoms with E-state index in [9.17, 15) is 9.59 Å². The minimum absolute atomic E-state index is 0.158. The van der Waals surface area contributed by atoms with Gasteiger partial charge in [-0.25, -0.2) is 4.79 Å². The van der Waals surface area contributed by atoms with Crippen molar-refractivity contribution >= 4 is 34.9 Å². The largest absolute Gasteiger partial charge is 0.489 e. The molecule has 0 saturated heterocycles. The number of alkyl carbamates (subject to hydrolysis) is 1. The van der Waals surface area contributed by atoms with Gasteiger partial charge in [-0.1, -0.05) is 12.2 Å². The van der Waals surface area contributed by atoms with Gasteiger partial charge < -0.3 is 25.4 Å². The molecule has 130 valence electrons. The van der Waals surface area contributed by atoms with Crippen LogP contribution in [0.4, 0.5) is 10.5 Å². The molecule has 7 nitrogen and oxygen atoms in total. The van der Waals surface area contributed by atoms with Gasteiger partial charge in [-0.3, -0.25) is 4.79 Å². The van der Waals surface area contributed by atoms with Crippen molar-refractivity contribution in [2.75, 3.05) is 18.6 Å². The number of anilines is 1. The van der Waals surface area contributed by atoms with E-state index in [2.05, 4.69) is 5.32 Å². The molecule has 1 aliphatic heterocycles. The van der Waals surface area contributed by atoms with Crippen LogP contribution in [0.5, 0.6) is 5.75 Å². The van der Waals surface area contributed by atoms with Crippen LogP contribution in [0.25, 0.3) is 0 Å². The van der Waals surface area contributed by atoms with E-state index in [1.807, 2.05) is 0 Å². The van der Waals surface area contributed by atoms with Crippen molar-refractivity contribution in [3.63, 3.8) is 0 Å². The van der Waals surface area contributed by atoms with Crippen LogP contribution in [0.2, 0.25) is 0 Å². The normalized spacial score (nSPS) is 17.4. The molecule has 0 aliphatic carbocycles. The van der Waals surface area contributed by atoms with Crippen LogP contribution in [0.15, 0.2) is 18.2 Å². The lowest BCUT2D eigenvalue weighted by Gasteiger charge is -2.25. The van der Waals surface area contributed by atoms with E-state index in [0.717, 1.165) is 0 Å². The van der Waals surface area contributed by atoms with Gasteiger partial charge in [0.2, 0.25) is 5.91 Å². The maximum Gasteiger partial charge on any atom is 0.408 e. The summed E-state index contributed by atoms with van der Waals surface area (Å²) in [6.07, 6.45) is -0.573. The number of benzene rings is 1. The molecule has 0 bridgehead atoms. The molecule has 3 N–H and O–H groups in total. The molecule has 0 saturated carbocycles. The fourth-order valence-electron chi connectivity index (χ4n) is 2.20. The molecule has 0 aromatic heterocycles. The number of carbonyl (C=O) groups is 2. The Morgan fingerprint density at radius 3 is 2.67 bits per heavy atom. The molecule has 1 aromatic rings. The second-order valence-electron chi connectivity index (χ2n) is 6.45. The highest BCUT2D eigenvalue weighted by molar-refractivity contribution is 7.80. The number of hydrogen-bond donors (Lipinski definition) is 2. The quantitative estimate of drug-likeness (QED) is 0.790. The second-order valence-corrected chi connectivity index (χ2v) is 6.87. The number of nitrogens with zero attached hydrogens (tertiary/aromatic N) is 1. The van der Waals surface area contributed by atoms with Gasteiger partial charge in [0.15, 0.2) is 0 Å². The maximum atomic E-state index is 12.0.